The van der Waals surface area contributed by atoms with E-state index in [9.17, 15) is 18.0 Å². The molecule has 0 saturated carbocycles. The predicted molar refractivity (Wildman–Crippen MR) is 119 cm³/mol. The Bertz CT molecular complexity index is 858. The maximum Gasteiger partial charge on any atom is 0.229 e. The van der Waals surface area contributed by atoms with Crippen molar-refractivity contribution in [2.75, 3.05) is 50.2 Å². The summed E-state index contributed by atoms with van der Waals surface area (Å²) in [4.78, 5) is 31.0. The fourth-order valence-corrected chi connectivity index (χ4v) is 4.68. The Balaban J connectivity index is 0.00000320. The van der Waals surface area contributed by atoms with Crippen molar-refractivity contribution < 1.29 is 18.0 Å². The molecule has 2 heterocycles. The van der Waals surface area contributed by atoms with Crippen LogP contribution in [0.25, 0.3) is 0 Å². The molecule has 0 aromatic heterocycles. The van der Waals surface area contributed by atoms with Gasteiger partial charge in [0.1, 0.15) is 0 Å². The van der Waals surface area contributed by atoms with Crippen LogP contribution in [0.3, 0.4) is 0 Å². The average Bonchev–Trinajstić information content (AvgIpc) is 3.13. The number of hydrogen-bond acceptors (Lipinski definition) is 5. The minimum absolute atomic E-state index is 0. The Kier molecular flexibility index (Phi) is 8.52. The molecular formula is C20H31ClN4O4S. The third-order valence-electron chi connectivity index (χ3n) is 5.50. The van der Waals surface area contributed by atoms with Gasteiger partial charge in [-0.3, -0.25) is 14.3 Å². The number of amides is 2. The monoisotopic (exact) mass is 458 g/mol. The first kappa shape index (κ1) is 24.4. The van der Waals surface area contributed by atoms with Crippen molar-refractivity contribution in [1.82, 2.24) is 14.7 Å². The van der Waals surface area contributed by atoms with Gasteiger partial charge >= 0.3 is 0 Å². The maximum atomic E-state index is 13.1. The van der Waals surface area contributed by atoms with Crippen LogP contribution < -0.4 is 4.72 Å². The van der Waals surface area contributed by atoms with Crippen LogP contribution in [0.15, 0.2) is 24.3 Å². The number of hydrogen-bond donors (Lipinski definition) is 1. The maximum absolute atomic E-state index is 13.1. The van der Waals surface area contributed by atoms with Gasteiger partial charge in [-0.1, -0.05) is 12.1 Å². The Morgan fingerprint density at radius 3 is 2.47 bits per heavy atom. The molecular weight excluding hydrogens is 428 g/mol. The van der Waals surface area contributed by atoms with Crippen molar-refractivity contribution in [2.45, 2.75) is 32.2 Å². The molecule has 2 aliphatic rings. The van der Waals surface area contributed by atoms with Gasteiger partial charge in [0.05, 0.1) is 18.7 Å². The highest BCUT2D eigenvalue weighted by molar-refractivity contribution is 7.92. The van der Waals surface area contributed by atoms with E-state index in [4.69, 9.17) is 0 Å². The van der Waals surface area contributed by atoms with E-state index in [1.807, 2.05) is 15.9 Å². The molecule has 2 amide bonds. The molecule has 3 rings (SSSR count). The second-order valence-electron chi connectivity index (χ2n) is 7.97. The van der Waals surface area contributed by atoms with Crippen LogP contribution in [0.5, 0.6) is 0 Å². The van der Waals surface area contributed by atoms with Crippen LogP contribution in [0.1, 0.15) is 25.3 Å². The van der Waals surface area contributed by atoms with E-state index in [0.29, 0.717) is 25.3 Å². The molecule has 8 nitrogen and oxygen atoms in total. The van der Waals surface area contributed by atoms with Gasteiger partial charge in [-0.15, -0.1) is 12.4 Å². The summed E-state index contributed by atoms with van der Waals surface area (Å²) in [5.41, 5.74) is 1.21. The fourth-order valence-electron chi connectivity index (χ4n) is 4.12. The first-order valence-corrected chi connectivity index (χ1v) is 11.9. The first-order chi connectivity index (χ1) is 13.7. The Morgan fingerprint density at radius 2 is 1.83 bits per heavy atom. The summed E-state index contributed by atoms with van der Waals surface area (Å²) in [7, 11) is -3.37. The summed E-state index contributed by atoms with van der Waals surface area (Å²) in [5, 5.41) is 0. The lowest BCUT2D eigenvalue weighted by atomic mass is 10.1. The highest BCUT2D eigenvalue weighted by atomic mass is 35.5. The van der Waals surface area contributed by atoms with Crippen LogP contribution in [-0.2, 0) is 26.0 Å². The van der Waals surface area contributed by atoms with E-state index in [1.165, 1.54) is 12.8 Å². The second kappa shape index (κ2) is 10.5. The third-order valence-corrected chi connectivity index (χ3v) is 6.11. The molecule has 0 radical (unpaired) electrons. The highest BCUT2D eigenvalue weighted by Gasteiger charge is 2.33. The lowest BCUT2D eigenvalue weighted by Crippen LogP contribution is -2.59. The third kappa shape index (κ3) is 6.85. The topological polar surface area (TPSA) is 90.0 Å². The van der Waals surface area contributed by atoms with E-state index >= 15 is 0 Å². The number of carbonyl (C=O) groups is 2. The Labute approximate surface area is 185 Å². The summed E-state index contributed by atoms with van der Waals surface area (Å²) in [6.07, 6.45) is 3.66. The summed E-state index contributed by atoms with van der Waals surface area (Å²) in [6, 6.07) is 6.91. The zero-order valence-corrected chi connectivity index (χ0v) is 19.2. The van der Waals surface area contributed by atoms with E-state index in [1.54, 1.807) is 25.1 Å². The predicted octanol–water partition coefficient (Wildman–Crippen LogP) is 1.18. The lowest BCUT2D eigenvalue weighted by Gasteiger charge is -2.42. The molecule has 1 aromatic carbocycles. The first-order valence-electron chi connectivity index (χ1n) is 10.1. The summed E-state index contributed by atoms with van der Waals surface area (Å²) in [6.45, 7) is 6.07. The zero-order valence-electron chi connectivity index (χ0n) is 17.5. The number of anilines is 1. The van der Waals surface area contributed by atoms with Crippen molar-refractivity contribution >= 4 is 39.9 Å². The van der Waals surface area contributed by atoms with E-state index < -0.39 is 10.0 Å². The van der Waals surface area contributed by atoms with E-state index in [2.05, 4.69) is 9.62 Å². The number of nitrogens with one attached hydrogen (secondary N) is 1. The molecule has 1 N–H and O–H groups in total. The number of halogens is 1. The molecule has 30 heavy (non-hydrogen) atoms. The molecule has 10 heteroatoms. The number of nitrogens with zero attached hydrogens (tertiary/aromatic N) is 3. The largest absolute Gasteiger partial charge is 0.339 e. The molecule has 1 unspecified atom stereocenters. The SMILES string of the molecule is CC(=O)N1CCN(C(=O)Cc2cccc(NS(C)(=O)=O)c2)C(CN2CCCC2)C1.Cl. The molecule has 2 saturated heterocycles. The lowest BCUT2D eigenvalue weighted by molar-refractivity contribution is -0.142. The van der Waals surface area contributed by atoms with Gasteiger partial charge in [0.15, 0.2) is 0 Å². The van der Waals surface area contributed by atoms with Gasteiger partial charge in [-0.25, -0.2) is 8.42 Å². The van der Waals surface area contributed by atoms with Crippen molar-refractivity contribution in [3.63, 3.8) is 0 Å². The van der Waals surface area contributed by atoms with Crippen LogP contribution in [0.2, 0.25) is 0 Å². The highest BCUT2D eigenvalue weighted by Crippen LogP contribution is 2.18. The average molecular weight is 459 g/mol. The van der Waals surface area contributed by atoms with Crippen LogP contribution in [0, 0.1) is 0 Å². The number of likely N-dealkylation sites (tertiary alicyclic amines) is 1. The zero-order chi connectivity index (χ0) is 21.0. The van der Waals surface area contributed by atoms with Crippen molar-refractivity contribution in [3.8, 4) is 0 Å². The van der Waals surface area contributed by atoms with Crippen molar-refractivity contribution in [2.24, 2.45) is 0 Å². The number of piperazine rings is 1. The van der Waals surface area contributed by atoms with Gasteiger partial charge in [-0.2, -0.15) is 0 Å². The standard InChI is InChI=1S/C20H30N4O4S.ClH/c1-16(25)23-10-11-24(19(15-23)14-22-8-3-4-9-22)20(26)13-17-6-5-7-18(12-17)21-29(2,27)28;/h5-7,12,19,21H,3-4,8-11,13-15H2,1-2H3;1H. The minimum atomic E-state index is -3.37. The van der Waals surface area contributed by atoms with Gasteiger partial charge in [0.25, 0.3) is 0 Å². The number of rotatable bonds is 6. The molecule has 0 aliphatic carbocycles. The van der Waals surface area contributed by atoms with Crippen LogP contribution >= 0.6 is 12.4 Å². The Hall–Kier alpha value is -1.84. The number of carbonyl (C=O) groups excluding carboxylic acids is 2. The van der Waals surface area contributed by atoms with Gasteiger partial charge in [0, 0.05) is 38.8 Å². The van der Waals surface area contributed by atoms with Crippen LogP contribution in [0.4, 0.5) is 5.69 Å². The number of sulfonamides is 1. The molecule has 0 spiro atoms. The second-order valence-corrected chi connectivity index (χ2v) is 9.71. The summed E-state index contributed by atoms with van der Waals surface area (Å²) >= 11 is 0. The fraction of sp³-hybridized carbons (Fsp3) is 0.600. The number of benzene rings is 1. The normalized spacial score (nSPS) is 20.0. The van der Waals surface area contributed by atoms with Crippen molar-refractivity contribution in [1.29, 1.82) is 0 Å². The molecule has 2 aliphatic heterocycles. The minimum Gasteiger partial charge on any atom is -0.339 e. The molecule has 0 bridgehead atoms. The van der Waals surface area contributed by atoms with Crippen LogP contribution in [-0.4, -0.2) is 86.5 Å². The van der Waals surface area contributed by atoms with E-state index in [0.717, 1.165) is 31.5 Å². The van der Waals surface area contributed by atoms with Gasteiger partial charge in [0.2, 0.25) is 21.8 Å². The molecule has 1 atom stereocenters. The Morgan fingerprint density at radius 1 is 1.13 bits per heavy atom. The molecule has 2 fully saturated rings. The van der Waals surface area contributed by atoms with Crippen molar-refractivity contribution in [3.05, 3.63) is 29.8 Å². The summed E-state index contributed by atoms with van der Waals surface area (Å²) in [5.74, 6) is 0.0528. The quantitative estimate of drug-likeness (QED) is 0.691. The molecule has 1 aromatic rings. The van der Waals surface area contributed by atoms with Gasteiger partial charge < -0.3 is 14.7 Å². The molecule has 168 valence electrons. The smallest absolute Gasteiger partial charge is 0.229 e. The van der Waals surface area contributed by atoms with Gasteiger partial charge in [-0.05, 0) is 43.6 Å². The summed E-state index contributed by atoms with van der Waals surface area (Å²) < 4.78 is 25.3. The van der Waals surface area contributed by atoms with E-state index in [-0.39, 0.29) is 36.7 Å².